The van der Waals surface area contributed by atoms with Gasteiger partial charge in [0.1, 0.15) is 0 Å². The van der Waals surface area contributed by atoms with Gasteiger partial charge in [-0.3, -0.25) is 0 Å². The molecule has 0 aliphatic carbocycles. The summed E-state index contributed by atoms with van der Waals surface area (Å²) in [6, 6.07) is 7.74. The Morgan fingerprint density at radius 1 is 1.33 bits per heavy atom. The molecular weight excluding hydrogens is 277 g/mol. The Bertz CT molecular complexity index is 459. The average molecular weight is 300 g/mol. The molecule has 21 heavy (non-hydrogen) atoms. The van der Waals surface area contributed by atoms with Crippen molar-refractivity contribution in [3.8, 4) is 0 Å². The van der Waals surface area contributed by atoms with Crippen LogP contribution in [0.4, 0.5) is 18.9 Å². The summed E-state index contributed by atoms with van der Waals surface area (Å²) in [5, 5.41) is 0. The second-order valence-electron chi connectivity index (χ2n) is 5.83. The SMILES string of the molecule is CCC(N)Cc1ccccc1N1CCCC(C(F)(F)F)C1. The molecular formula is C16H23F3N2. The van der Waals surface area contributed by atoms with Crippen LogP contribution < -0.4 is 10.6 Å². The molecule has 1 fully saturated rings. The fourth-order valence-electron chi connectivity index (χ4n) is 2.88. The quantitative estimate of drug-likeness (QED) is 0.917. The smallest absolute Gasteiger partial charge is 0.371 e. The Kier molecular flexibility index (Phi) is 5.14. The van der Waals surface area contributed by atoms with Crippen molar-refractivity contribution < 1.29 is 13.2 Å². The maximum absolute atomic E-state index is 12.9. The number of benzene rings is 1. The molecule has 0 saturated carbocycles. The van der Waals surface area contributed by atoms with Gasteiger partial charge in [0.05, 0.1) is 5.92 Å². The summed E-state index contributed by atoms with van der Waals surface area (Å²) in [6.45, 7) is 2.76. The highest BCUT2D eigenvalue weighted by Crippen LogP contribution is 2.35. The Morgan fingerprint density at radius 3 is 2.71 bits per heavy atom. The van der Waals surface area contributed by atoms with Gasteiger partial charge < -0.3 is 10.6 Å². The molecule has 0 radical (unpaired) electrons. The van der Waals surface area contributed by atoms with Crippen molar-refractivity contribution in [3.63, 3.8) is 0 Å². The van der Waals surface area contributed by atoms with Gasteiger partial charge in [0.2, 0.25) is 0 Å². The first-order valence-corrected chi connectivity index (χ1v) is 7.57. The van der Waals surface area contributed by atoms with E-state index in [1.807, 2.05) is 36.1 Å². The van der Waals surface area contributed by atoms with Gasteiger partial charge in [-0.2, -0.15) is 13.2 Å². The second kappa shape index (κ2) is 6.69. The zero-order chi connectivity index (χ0) is 15.5. The predicted octanol–water partition coefficient (Wildman–Crippen LogP) is 3.75. The lowest BCUT2D eigenvalue weighted by Crippen LogP contribution is -2.42. The lowest BCUT2D eigenvalue weighted by Gasteiger charge is -2.36. The summed E-state index contributed by atoms with van der Waals surface area (Å²) in [5.74, 6) is -1.22. The Labute approximate surface area is 124 Å². The Morgan fingerprint density at radius 2 is 2.05 bits per heavy atom. The number of piperidine rings is 1. The van der Waals surface area contributed by atoms with Crippen LogP contribution in [0.2, 0.25) is 0 Å². The summed E-state index contributed by atoms with van der Waals surface area (Å²) < 4.78 is 38.8. The fraction of sp³-hybridized carbons (Fsp3) is 0.625. The standard InChI is InChI=1S/C16H23F3N2/c1-2-14(20)10-12-6-3-4-8-15(12)21-9-5-7-13(11-21)16(17,18)19/h3-4,6,8,13-14H,2,5,7,9-11,20H2,1H3. The molecule has 0 aromatic heterocycles. The molecule has 1 aromatic rings. The number of anilines is 1. The largest absolute Gasteiger partial charge is 0.393 e. The van der Waals surface area contributed by atoms with Crippen molar-refractivity contribution in [1.82, 2.24) is 0 Å². The van der Waals surface area contributed by atoms with E-state index in [4.69, 9.17) is 5.73 Å². The van der Waals surface area contributed by atoms with E-state index in [9.17, 15) is 13.2 Å². The van der Waals surface area contributed by atoms with E-state index in [-0.39, 0.29) is 19.0 Å². The zero-order valence-electron chi connectivity index (χ0n) is 12.4. The van der Waals surface area contributed by atoms with Crippen molar-refractivity contribution in [3.05, 3.63) is 29.8 Å². The lowest BCUT2D eigenvalue weighted by atomic mass is 9.95. The summed E-state index contributed by atoms with van der Waals surface area (Å²) in [7, 11) is 0. The van der Waals surface area contributed by atoms with Crippen LogP contribution in [0.25, 0.3) is 0 Å². The Hall–Kier alpha value is -1.23. The molecule has 5 heteroatoms. The highest BCUT2D eigenvalue weighted by molar-refractivity contribution is 5.54. The summed E-state index contributed by atoms with van der Waals surface area (Å²) in [4.78, 5) is 1.87. The first-order valence-electron chi connectivity index (χ1n) is 7.57. The number of nitrogens with two attached hydrogens (primary N) is 1. The number of alkyl halides is 3. The number of hydrogen-bond acceptors (Lipinski definition) is 2. The maximum Gasteiger partial charge on any atom is 0.393 e. The van der Waals surface area contributed by atoms with Crippen LogP contribution in [0.5, 0.6) is 0 Å². The molecule has 1 aromatic carbocycles. The number of hydrogen-bond donors (Lipinski definition) is 1. The number of halogens is 3. The number of para-hydroxylation sites is 1. The fourth-order valence-corrected chi connectivity index (χ4v) is 2.88. The van der Waals surface area contributed by atoms with E-state index in [2.05, 4.69) is 0 Å². The van der Waals surface area contributed by atoms with Crippen molar-refractivity contribution in [2.24, 2.45) is 11.7 Å². The minimum Gasteiger partial charge on any atom is -0.371 e. The third-order valence-corrected chi connectivity index (χ3v) is 4.22. The van der Waals surface area contributed by atoms with Gasteiger partial charge in [0.25, 0.3) is 0 Å². The van der Waals surface area contributed by atoms with Gasteiger partial charge in [-0.15, -0.1) is 0 Å². The molecule has 1 saturated heterocycles. The topological polar surface area (TPSA) is 29.3 Å². The zero-order valence-corrected chi connectivity index (χ0v) is 12.4. The van der Waals surface area contributed by atoms with Crippen LogP contribution in [0.1, 0.15) is 31.7 Å². The molecule has 2 atom stereocenters. The van der Waals surface area contributed by atoms with Crippen molar-refractivity contribution in [1.29, 1.82) is 0 Å². The molecule has 1 aliphatic rings. The van der Waals surface area contributed by atoms with Gasteiger partial charge in [-0.1, -0.05) is 25.1 Å². The molecule has 2 nitrogen and oxygen atoms in total. The predicted molar refractivity (Wildman–Crippen MR) is 79.4 cm³/mol. The van der Waals surface area contributed by atoms with E-state index in [1.165, 1.54) is 0 Å². The van der Waals surface area contributed by atoms with Crippen LogP contribution in [0.3, 0.4) is 0 Å². The van der Waals surface area contributed by atoms with Crippen LogP contribution >= 0.6 is 0 Å². The van der Waals surface area contributed by atoms with E-state index in [0.717, 1.165) is 17.7 Å². The monoisotopic (exact) mass is 300 g/mol. The van der Waals surface area contributed by atoms with Gasteiger partial charge in [0.15, 0.2) is 0 Å². The molecule has 0 amide bonds. The molecule has 0 bridgehead atoms. The summed E-state index contributed by atoms with van der Waals surface area (Å²) >= 11 is 0. The minimum absolute atomic E-state index is 0.0503. The minimum atomic E-state index is -4.10. The van der Waals surface area contributed by atoms with Gasteiger partial charge in [-0.25, -0.2) is 0 Å². The van der Waals surface area contributed by atoms with Crippen LogP contribution in [-0.2, 0) is 6.42 Å². The van der Waals surface area contributed by atoms with Crippen molar-refractivity contribution in [2.75, 3.05) is 18.0 Å². The second-order valence-corrected chi connectivity index (χ2v) is 5.83. The van der Waals surface area contributed by atoms with E-state index < -0.39 is 12.1 Å². The molecule has 1 aliphatic heterocycles. The molecule has 2 unspecified atom stereocenters. The van der Waals surface area contributed by atoms with E-state index >= 15 is 0 Å². The van der Waals surface area contributed by atoms with E-state index in [0.29, 0.717) is 19.4 Å². The highest BCUT2D eigenvalue weighted by atomic mass is 19.4. The van der Waals surface area contributed by atoms with E-state index in [1.54, 1.807) is 0 Å². The van der Waals surface area contributed by atoms with Gasteiger partial charge in [0, 0.05) is 24.8 Å². The molecule has 118 valence electrons. The van der Waals surface area contributed by atoms with Crippen LogP contribution in [0, 0.1) is 5.92 Å². The normalized spacial score (nSPS) is 21.4. The van der Waals surface area contributed by atoms with Crippen LogP contribution in [0.15, 0.2) is 24.3 Å². The third-order valence-electron chi connectivity index (χ3n) is 4.22. The number of nitrogens with zero attached hydrogens (tertiary/aromatic N) is 1. The first-order chi connectivity index (χ1) is 9.91. The maximum atomic E-state index is 12.9. The summed E-state index contributed by atoms with van der Waals surface area (Å²) in [5.41, 5.74) is 7.96. The van der Waals surface area contributed by atoms with Gasteiger partial charge in [-0.05, 0) is 37.3 Å². The van der Waals surface area contributed by atoms with Crippen LogP contribution in [-0.4, -0.2) is 25.3 Å². The molecule has 2 rings (SSSR count). The lowest BCUT2D eigenvalue weighted by molar-refractivity contribution is -0.176. The molecule has 1 heterocycles. The number of rotatable bonds is 4. The summed E-state index contributed by atoms with van der Waals surface area (Å²) in [6.07, 6.45) is -1.72. The van der Waals surface area contributed by atoms with Gasteiger partial charge >= 0.3 is 6.18 Å². The molecule has 2 N–H and O–H groups in total. The Balaban J connectivity index is 2.17. The first kappa shape index (κ1) is 16.1. The highest BCUT2D eigenvalue weighted by Gasteiger charge is 2.42. The van der Waals surface area contributed by atoms with Crippen molar-refractivity contribution in [2.45, 2.75) is 44.8 Å². The molecule has 0 spiro atoms. The third kappa shape index (κ3) is 4.13. The van der Waals surface area contributed by atoms with Crippen molar-refractivity contribution >= 4 is 5.69 Å². The average Bonchev–Trinajstić information content (AvgIpc) is 2.47.